The predicted octanol–water partition coefficient (Wildman–Crippen LogP) is 4.14. The Kier molecular flexibility index (Phi) is 3.70. The van der Waals surface area contributed by atoms with Crippen LogP contribution in [0.2, 0.25) is 5.02 Å². The molecule has 0 radical (unpaired) electrons. The van der Waals surface area contributed by atoms with Gasteiger partial charge in [-0.2, -0.15) is 0 Å². The van der Waals surface area contributed by atoms with E-state index in [1.807, 2.05) is 65.4 Å². The highest BCUT2D eigenvalue weighted by Gasteiger charge is 2.04. The number of nitrogens with zero attached hydrogens (tertiary/aromatic N) is 2. The van der Waals surface area contributed by atoms with Crippen molar-refractivity contribution in [1.82, 2.24) is 9.55 Å². The van der Waals surface area contributed by atoms with Crippen LogP contribution in [-0.2, 0) is 6.54 Å². The van der Waals surface area contributed by atoms with E-state index in [2.05, 4.69) is 10.3 Å². The molecule has 1 aromatic heterocycles. The maximum atomic E-state index is 5.98. The molecule has 3 nitrogen and oxygen atoms in total. The number of hydrogen-bond donors (Lipinski definition) is 1. The summed E-state index contributed by atoms with van der Waals surface area (Å²) in [5.74, 6) is 0.816. The molecule has 0 aliphatic rings. The monoisotopic (exact) mass is 283 g/mol. The topological polar surface area (TPSA) is 29.9 Å². The second-order valence-corrected chi connectivity index (χ2v) is 4.88. The lowest BCUT2D eigenvalue weighted by atomic mass is 10.2. The molecule has 3 rings (SSSR count). The van der Waals surface area contributed by atoms with Gasteiger partial charge >= 0.3 is 0 Å². The molecule has 0 fully saturated rings. The predicted molar refractivity (Wildman–Crippen MR) is 82.3 cm³/mol. The van der Waals surface area contributed by atoms with Crippen molar-refractivity contribution in [3.05, 3.63) is 77.6 Å². The van der Waals surface area contributed by atoms with E-state index in [1.54, 1.807) is 6.20 Å². The summed E-state index contributed by atoms with van der Waals surface area (Å²) in [4.78, 5) is 4.35. The minimum Gasteiger partial charge on any atom is -0.351 e. The molecule has 0 amide bonds. The first kappa shape index (κ1) is 12.8. The lowest BCUT2D eigenvalue weighted by Crippen LogP contribution is -2.05. The van der Waals surface area contributed by atoms with Crippen molar-refractivity contribution in [2.45, 2.75) is 6.54 Å². The third-order valence-electron chi connectivity index (χ3n) is 3.01. The Labute approximate surface area is 122 Å². The SMILES string of the molecule is Clc1cccc(CNc2nccn2-c2ccccc2)c1. The van der Waals surface area contributed by atoms with Gasteiger partial charge in [-0.15, -0.1) is 0 Å². The molecule has 100 valence electrons. The van der Waals surface area contributed by atoms with E-state index >= 15 is 0 Å². The number of hydrogen-bond acceptors (Lipinski definition) is 2. The van der Waals surface area contributed by atoms with E-state index in [0.29, 0.717) is 6.54 Å². The van der Waals surface area contributed by atoms with Gasteiger partial charge in [-0.3, -0.25) is 4.57 Å². The van der Waals surface area contributed by atoms with Crippen LogP contribution >= 0.6 is 11.6 Å². The van der Waals surface area contributed by atoms with Gasteiger partial charge in [0.15, 0.2) is 0 Å². The van der Waals surface area contributed by atoms with Gasteiger partial charge in [0, 0.05) is 29.6 Å². The number of halogens is 1. The largest absolute Gasteiger partial charge is 0.351 e. The van der Waals surface area contributed by atoms with Crippen LogP contribution in [0.5, 0.6) is 0 Å². The summed E-state index contributed by atoms with van der Waals surface area (Å²) < 4.78 is 2.02. The Balaban J connectivity index is 1.78. The van der Waals surface area contributed by atoms with Crippen molar-refractivity contribution in [1.29, 1.82) is 0 Å². The molecule has 1 N–H and O–H groups in total. The summed E-state index contributed by atoms with van der Waals surface area (Å²) in [7, 11) is 0. The van der Waals surface area contributed by atoms with Gasteiger partial charge in [0.25, 0.3) is 0 Å². The van der Waals surface area contributed by atoms with E-state index in [-0.39, 0.29) is 0 Å². The van der Waals surface area contributed by atoms with Gasteiger partial charge < -0.3 is 5.32 Å². The molecule has 0 unspecified atom stereocenters. The van der Waals surface area contributed by atoms with Crippen LogP contribution in [-0.4, -0.2) is 9.55 Å². The van der Waals surface area contributed by atoms with Crippen molar-refractivity contribution >= 4 is 17.5 Å². The second-order valence-electron chi connectivity index (χ2n) is 4.44. The first-order valence-electron chi connectivity index (χ1n) is 6.40. The van der Waals surface area contributed by atoms with Gasteiger partial charge in [-0.1, -0.05) is 41.9 Å². The van der Waals surface area contributed by atoms with Crippen molar-refractivity contribution in [2.24, 2.45) is 0 Å². The van der Waals surface area contributed by atoms with Crippen molar-refractivity contribution in [3.63, 3.8) is 0 Å². The molecule has 1 heterocycles. The highest BCUT2D eigenvalue weighted by atomic mass is 35.5. The van der Waals surface area contributed by atoms with E-state index in [9.17, 15) is 0 Å². The lowest BCUT2D eigenvalue weighted by Gasteiger charge is -2.10. The highest BCUT2D eigenvalue weighted by Crippen LogP contribution is 2.16. The molecular weight excluding hydrogens is 270 g/mol. The number of rotatable bonds is 4. The molecule has 4 heteroatoms. The van der Waals surface area contributed by atoms with Gasteiger partial charge in [-0.05, 0) is 29.8 Å². The van der Waals surface area contributed by atoms with E-state index in [4.69, 9.17) is 11.6 Å². The van der Waals surface area contributed by atoms with Crippen LogP contribution in [0.4, 0.5) is 5.95 Å². The Hall–Kier alpha value is -2.26. The first-order chi connectivity index (χ1) is 9.83. The minimum absolute atomic E-state index is 0.685. The maximum Gasteiger partial charge on any atom is 0.207 e. The molecule has 3 aromatic rings. The number of benzene rings is 2. The Morgan fingerprint density at radius 2 is 1.90 bits per heavy atom. The normalized spacial score (nSPS) is 10.4. The average molecular weight is 284 g/mol. The van der Waals surface area contributed by atoms with Crippen LogP contribution in [0.25, 0.3) is 5.69 Å². The van der Waals surface area contributed by atoms with E-state index < -0.39 is 0 Å². The molecule has 2 aromatic carbocycles. The van der Waals surface area contributed by atoms with Gasteiger partial charge in [0.2, 0.25) is 5.95 Å². The van der Waals surface area contributed by atoms with Crippen LogP contribution in [0.3, 0.4) is 0 Å². The van der Waals surface area contributed by atoms with E-state index in [1.165, 1.54) is 0 Å². The molecule has 20 heavy (non-hydrogen) atoms. The quantitative estimate of drug-likeness (QED) is 0.780. The number of anilines is 1. The van der Waals surface area contributed by atoms with Crippen molar-refractivity contribution < 1.29 is 0 Å². The molecule has 0 aliphatic heterocycles. The molecule has 0 aliphatic carbocycles. The van der Waals surface area contributed by atoms with Crippen molar-refractivity contribution in [2.75, 3.05) is 5.32 Å². The fourth-order valence-electron chi connectivity index (χ4n) is 2.06. The van der Waals surface area contributed by atoms with E-state index in [0.717, 1.165) is 22.2 Å². The Bertz CT molecular complexity index is 692. The third kappa shape index (κ3) is 2.83. The Morgan fingerprint density at radius 3 is 2.70 bits per heavy atom. The van der Waals surface area contributed by atoms with Crippen molar-refractivity contribution in [3.8, 4) is 5.69 Å². The molecule has 0 bridgehead atoms. The standard InChI is InChI=1S/C16H14ClN3/c17-14-6-4-5-13(11-14)12-19-16-18-9-10-20(16)15-7-2-1-3-8-15/h1-11H,12H2,(H,18,19). The number of nitrogens with one attached hydrogen (secondary N) is 1. The summed E-state index contributed by atoms with van der Waals surface area (Å²) in [6.45, 7) is 0.685. The molecule has 0 atom stereocenters. The number of para-hydroxylation sites is 1. The highest BCUT2D eigenvalue weighted by molar-refractivity contribution is 6.30. The van der Waals surface area contributed by atoms with Gasteiger partial charge in [0.05, 0.1) is 0 Å². The maximum absolute atomic E-state index is 5.98. The summed E-state index contributed by atoms with van der Waals surface area (Å²) in [6, 6.07) is 17.9. The summed E-state index contributed by atoms with van der Waals surface area (Å²) in [5, 5.41) is 4.07. The fraction of sp³-hybridized carbons (Fsp3) is 0.0625. The zero-order valence-electron chi connectivity index (χ0n) is 10.8. The fourth-order valence-corrected chi connectivity index (χ4v) is 2.27. The zero-order chi connectivity index (χ0) is 13.8. The Morgan fingerprint density at radius 1 is 1.05 bits per heavy atom. The molecule has 0 saturated carbocycles. The molecular formula is C16H14ClN3. The van der Waals surface area contributed by atoms with Crippen LogP contribution < -0.4 is 5.32 Å². The summed E-state index contributed by atoms with van der Waals surface area (Å²) >= 11 is 5.98. The van der Waals surface area contributed by atoms with Gasteiger partial charge in [0.1, 0.15) is 0 Å². The summed E-state index contributed by atoms with van der Waals surface area (Å²) in [5.41, 5.74) is 2.21. The van der Waals surface area contributed by atoms with Crippen LogP contribution in [0.1, 0.15) is 5.56 Å². The first-order valence-corrected chi connectivity index (χ1v) is 6.78. The lowest BCUT2D eigenvalue weighted by molar-refractivity contribution is 1.00. The molecule has 0 saturated heterocycles. The zero-order valence-corrected chi connectivity index (χ0v) is 11.6. The van der Waals surface area contributed by atoms with Crippen LogP contribution in [0.15, 0.2) is 67.0 Å². The van der Waals surface area contributed by atoms with Crippen LogP contribution in [0, 0.1) is 0 Å². The smallest absolute Gasteiger partial charge is 0.207 e. The third-order valence-corrected chi connectivity index (χ3v) is 3.25. The number of aromatic nitrogens is 2. The molecule has 0 spiro atoms. The summed E-state index contributed by atoms with van der Waals surface area (Å²) in [6.07, 6.45) is 3.73. The second kappa shape index (κ2) is 5.80. The minimum atomic E-state index is 0.685. The van der Waals surface area contributed by atoms with Gasteiger partial charge in [-0.25, -0.2) is 4.98 Å². The average Bonchev–Trinajstić information content (AvgIpc) is 2.95. The number of imidazole rings is 1.